The Morgan fingerprint density at radius 1 is 1.47 bits per heavy atom. The summed E-state index contributed by atoms with van der Waals surface area (Å²) in [4.78, 5) is 21.8. The van der Waals surface area contributed by atoms with E-state index in [0.717, 1.165) is 0 Å². The topological polar surface area (TPSA) is 102 Å². The van der Waals surface area contributed by atoms with Gasteiger partial charge in [-0.25, -0.2) is 4.79 Å². The van der Waals surface area contributed by atoms with Crippen molar-refractivity contribution in [1.29, 1.82) is 0 Å². The number of benzene rings is 1. The molecule has 0 heterocycles. The molecule has 0 aliphatic carbocycles. The molecule has 4 N–H and O–H groups in total. The second-order valence-corrected chi connectivity index (χ2v) is 3.33. The first-order chi connectivity index (χ1) is 8.04. The number of rotatable bonds is 5. The fourth-order valence-electron chi connectivity index (χ4n) is 1.21. The second kappa shape index (κ2) is 5.74. The van der Waals surface area contributed by atoms with E-state index in [9.17, 15) is 9.59 Å². The predicted molar refractivity (Wildman–Crippen MR) is 62.0 cm³/mol. The van der Waals surface area contributed by atoms with E-state index in [4.69, 9.17) is 15.6 Å². The molecule has 0 saturated carbocycles. The number of hydrogen-bond donors (Lipinski definition) is 3. The van der Waals surface area contributed by atoms with Crippen LogP contribution in [0.4, 0.5) is 5.69 Å². The zero-order valence-corrected chi connectivity index (χ0v) is 9.40. The Kier molecular flexibility index (Phi) is 4.33. The van der Waals surface area contributed by atoms with E-state index in [1.165, 1.54) is 25.2 Å². The van der Waals surface area contributed by atoms with Gasteiger partial charge in [-0.05, 0) is 12.1 Å². The van der Waals surface area contributed by atoms with Gasteiger partial charge in [-0.15, -0.1) is 0 Å². The molecule has 1 amide bonds. The largest absolute Gasteiger partial charge is 0.492 e. The number of ether oxygens (including phenoxy) is 1. The number of amides is 1. The summed E-state index contributed by atoms with van der Waals surface area (Å²) in [6.07, 6.45) is 0.157. The van der Waals surface area contributed by atoms with Crippen LogP contribution >= 0.6 is 0 Å². The summed E-state index contributed by atoms with van der Waals surface area (Å²) in [6, 6.07) is 4.27. The van der Waals surface area contributed by atoms with Crippen LogP contribution in [0.3, 0.4) is 0 Å². The average Bonchev–Trinajstić information content (AvgIpc) is 2.28. The van der Waals surface area contributed by atoms with Crippen molar-refractivity contribution in [2.24, 2.45) is 0 Å². The summed E-state index contributed by atoms with van der Waals surface area (Å²) in [6.45, 7) is 0.101. The van der Waals surface area contributed by atoms with E-state index in [0.29, 0.717) is 5.69 Å². The Morgan fingerprint density at radius 3 is 2.76 bits per heavy atom. The number of anilines is 1. The fourth-order valence-corrected chi connectivity index (χ4v) is 1.21. The summed E-state index contributed by atoms with van der Waals surface area (Å²) >= 11 is 0. The summed E-state index contributed by atoms with van der Waals surface area (Å²) in [5, 5.41) is 11.4. The second-order valence-electron chi connectivity index (χ2n) is 3.33. The number of nitrogens with one attached hydrogen (secondary N) is 1. The van der Waals surface area contributed by atoms with Crippen molar-refractivity contribution in [3.63, 3.8) is 0 Å². The van der Waals surface area contributed by atoms with Gasteiger partial charge in [-0.1, -0.05) is 0 Å². The van der Waals surface area contributed by atoms with Gasteiger partial charge in [0.2, 0.25) is 5.91 Å². The fraction of sp³-hybridized carbons (Fsp3) is 0.273. The van der Waals surface area contributed by atoms with Gasteiger partial charge in [0.15, 0.2) is 0 Å². The van der Waals surface area contributed by atoms with Crippen molar-refractivity contribution >= 4 is 17.6 Å². The van der Waals surface area contributed by atoms with Crippen LogP contribution in [0.2, 0.25) is 0 Å². The molecule has 6 nitrogen and oxygen atoms in total. The Labute approximate surface area is 98.4 Å². The van der Waals surface area contributed by atoms with Gasteiger partial charge < -0.3 is 20.9 Å². The lowest BCUT2D eigenvalue weighted by Crippen LogP contribution is -2.20. The highest BCUT2D eigenvalue weighted by atomic mass is 16.5. The van der Waals surface area contributed by atoms with Gasteiger partial charge in [0, 0.05) is 18.8 Å². The Bertz CT molecular complexity index is 431. The van der Waals surface area contributed by atoms with E-state index in [2.05, 4.69) is 5.32 Å². The number of carbonyl (C=O) groups excluding carboxylic acids is 1. The Morgan fingerprint density at radius 2 is 2.18 bits per heavy atom. The maximum Gasteiger partial charge on any atom is 0.339 e. The van der Waals surface area contributed by atoms with Crippen molar-refractivity contribution in [1.82, 2.24) is 5.32 Å². The van der Waals surface area contributed by atoms with E-state index >= 15 is 0 Å². The number of nitrogen functional groups attached to an aromatic ring is 1. The summed E-state index contributed by atoms with van der Waals surface area (Å²) < 4.78 is 5.23. The molecule has 0 bridgehead atoms. The zero-order chi connectivity index (χ0) is 12.8. The lowest BCUT2D eigenvalue weighted by Gasteiger charge is -2.09. The van der Waals surface area contributed by atoms with Crippen LogP contribution in [-0.2, 0) is 4.79 Å². The quantitative estimate of drug-likeness (QED) is 0.648. The number of carboxylic acids is 1. The van der Waals surface area contributed by atoms with E-state index in [1.54, 1.807) is 0 Å². The van der Waals surface area contributed by atoms with Crippen molar-refractivity contribution in [3.05, 3.63) is 23.8 Å². The van der Waals surface area contributed by atoms with Crippen molar-refractivity contribution in [2.45, 2.75) is 6.42 Å². The Hall–Kier alpha value is -2.24. The van der Waals surface area contributed by atoms with E-state index < -0.39 is 5.97 Å². The molecule has 1 aromatic rings. The highest BCUT2D eigenvalue weighted by molar-refractivity contribution is 5.91. The smallest absolute Gasteiger partial charge is 0.339 e. The SMILES string of the molecule is CNC(=O)CCOc1cc(N)ccc1C(=O)O. The van der Waals surface area contributed by atoms with Crippen LogP contribution in [0.15, 0.2) is 18.2 Å². The molecule has 0 aliphatic rings. The third-order valence-corrected chi connectivity index (χ3v) is 2.10. The van der Waals surface area contributed by atoms with Gasteiger partial charge in [0.05, 0.1) is 13.0 Å². The monoisotopic (exact) mass is 238 g/mol. The molecular formula is C11H14N2O4. The molecule has 17 heavy (non-hydrogen) atoms. The number of nitrogens with two attached hydrogens (primary N) is 1. The molecule has 0 fully saturated rings. The van der Waals surface area contributed by atoms with Gasteiger partial charge in [0.1, 0.15) is 11.3 Å². The molecule has 6 heteroatoms. The normalized spacial score (nSPS) is 9.71. The molecule has 1 rings (SSSR count). The zero-order valence-electron chi connectivity index (χ0n) is 9.40. The Balaban J connectivity index is 2.72. The highest BCUT2D eigenvalue weighted by Crippen LogP contribution is 2.21. The maximum atomic E-state index is 11.0. The first-order valence-corrected chi connectivity index (χ1v) is 5.00. The third-order valence-electron chi connectivity index (χ3n) is 2.10. The van der Waals surface area contributed by atoms with Crippen LogP contribution in [0, 0.1) is 0 Å². The molecule has 92 valence electrons. The van der Waals surface area contributed by atoms with Crippen LogP contribution in [0.25, 0.3) is 0 Å². The van der Waals surface area contributed by atoms with Gasteiger partial charge in [0.25, 0.3) is 0 Å². The van der Waals surface area contributed by atoms with Crippen LogP contribution in [0.1, 0.15) is 16.8 Å². The minimum atomic E-state index is -1.10. The molecule has 0 aromatic heterocycles. The molecule has 0 unspecified atom stereocenters. The van der Waals surface area contributed by atoms with Crippen molar-refractivity contribution in [3.8, 4) is 5.75 Å². The molecule has 0 aliphatic heterocycles. The first-order valence-electron chi connectivity index (χ1n) is 5.00. The van der Waals surface area contributed by atoms with Crippen LogP contribution in [0.5, 0.6) is 5.75 Å². The van der Waals surface area contributed by atoms with Crippen LogP contribution < -0.4 is 15.8 Å². The third kappa shape index (κ3) is 3.67. The van der Waals surface area contributed by atoms with E-state index in [-0.39, 0.29) is 30.2 Å². The molecule has 1 aromatic carbocycles. The van der Waals surface area contributed by atoms with Crippen molar-refractivity contribution < 1.29 is 19.4 Å². The summed E-state index contributed by atoms with van der Waals surface area (Å²) in [5.74, 6) is -1.10. The molecule has 0 spiro atoms. The molecular weight excluding hydrogens is 224 g/mol. The lowest BCUT2D eigenvalue weighted by molar-refractivity contribution is -0.121. The summed E-state index contributed by atoms with van der Waals surface area (Å²) in [5.41, 5.74) is 5.96. The highest BCUT2D eigenvalue weighted by Gasteiger charge is 2.11. The molecule has 0 atom stereocenters. The minimum absolute atomic E-state index is 0.0242. The summed E-state index contributed by atoms with van der Waals surface area (Å²) in [7, 11) is 1.52. The number of carbonyl (C=O) groups is 2. The predicted octanol–water partition coefficient (Wildman–Crippen LogP) is 0.482. The van der Waals surface area contributed by atoms with Gasteiger partial charge in [-0.2, -0.15) is 0 Å². The standard InChI is InChI=1S/C11H14N2O4/c1-13-10(14)4-5-17-9-6-7(12)2-3-8(9)11(15)16/h2-3,6H,4-5,12H2,1H3,(H,13,14)(H,15,16). The maximum absolute atomic E-state index is 11.0. The number of carboxylic acid groups (broad SMARTS) is 1. The minimum Gasteiger partial charge on any atom is -0.492 e. The number of aromatic carboxylic acids is 1. The van der Waals surface area contributed by atoms with Gasteiger partial charge in [-0.3, -0.25) is 4.79 Å². The molecule has 0 radical (unpaired) electrons. The lowest BCUT2D eigenvalue weighted by atomic mass is 10.2. The van der Waals surface area contributed by atoms with Crippen LogP contribution in [-0.4, -0.2) is 30.6 Å². The molecule has 0 saturated heterocycles. The van der Waals surface area contributed by atoms with Crippen molar-refractivity contribution in [2.75, 3.05) is 19.4 Å². The number of hydrogen-bond acceptors (Lipinski definition) is 4. The van der Waals surface area contributed by atoms with Gasteiger partial charge >= 0.3 is 5.97 Å². The average molecular weight is 238 g/mol. The first kappa shape index (κ1) is 12.8. The van der Waals surface area contributed by atoms with E-state index in [1.807, 2.05) is 0 Å².